The molecule has 5 heteroatoms. The second-order valence-corrected chi connectivity index (χ2v) is 4.57. The van der Waals surface area contributed by atoms with E-state index in [4.69, 9.17) is 5.73 Å². The Hall–Kier alpha value is -1.46. The topological polar surface area (TPSA) is 58.4 Å². The Morgan fingerprint density at radius 1 is 1.50 bits per heavy atom. The van der Waals surface area contributed by atoms with Crippen LogP contribution in [0.25, 0.3) is 0 Å². The third kappa shape index (κ3) is 4.81. The Kier molecular flexibility index (Phi) is 5.74. The summed E-state index contributed by atoms with van der Waals surface area (Å²) in [5.41, 5.74) is 5.73. The van der Waals surface area contributed by atoms with Gasteiger partial charge in [0.25, 0.3) is 0 Å². The van der Waals surface area contributed by atoms with Crippen LogP contribution in [0, 0.1) is 11.7 Å². The molecule has 0 aliphatic heterocycles. The lowest BCUT2D eigenvalue weighted by Crippen LogP contribution is -2.35. The van der Waals surface area contributed by atoms with E-state index in [1.807, 2.05) is 18.9 Å². The van der Waals surface area contributed by atoms with Crippen molar-refractivity contribution in [3.63, 3.8) is 0 Å². The van der Waals surface area contributed by atoms with Gasteiger partial charge in [-0.15, -0.1) is 0 Å². The maximum Gasteiger partial charge on any atom is 0.238 e. The van der Waals surface area contributed by atoms with E-state index in [1.165, 1.54) is 12.1 Å². The summed E-state index contributed by atoms with van der Waals surface area (Å²) < 4.78 is 13.3. The van der Waals surface area contributed by atoms with E-state index in [0.717, 1.165) is 6.54 Å². The highest BCUT2D eigenvalue weighted by atomic mass is 19.1. The summed E-state index contributed by atoms with van der Waals surface area (Å²) in [5.74, 6) is -0.327. The number of rotatable bonds is 6. The van der Waals surface area contributed by atoms with Crippen LogP contribution in [-0.2, 0) is 4.79 Å². The van der Waals surface area contributed by atoms with Gasteiger partial charge in [-0.25, -0.2) is 4.39 Å². The number of para-hydroxylation sites is 1. The largest absolute Gasteiger partial charge is 0.330 e. The third-order valence-corrected chi connectivity index (χ3v) is 2.59. The average Bonchev–Trinajstić information content (AvgIpc) is 2.31. The number of anilines is 1. The van der Waals surface area contributed by atoms with Gasteiger partial charge in [-0.2, -0.15) is 0 Å². The fourth-order valence-electron chi connectivity index (χ4n) is 1.67. The van der Waals surface area contributed by atoms with Crippen LogP contribution in [0.5, 0.6) is 0 Å². The Morgan fingerprint density at radius 2 is 2.17 bits per heavy atom. The molecule has 1 rings (SSSR count). The van der Waals surface area contributed by atoms with E-state index in [1.54, 1.807) is 12.1 Å². The Bertz CT molecular complexity index is 398. The van der Waals surface area contributed by atoms with Gasteiger partial charge in [0.15, 0.2) is 0 Å². The SMILES string of the molecule is CC(CN)CN(C)CC(=O)Nc1ccccc1F. The van der Waals surface area contributed by atoms with Crippen LogP contribution in [-0.4, -0.2) is 37.5 Å². The van der Waals surface area contributed by atoms with Crippen molar-refractivity contribution in [1.29, 1.82) is 0 Å². The summed E-state index contributed by atoms with van der Waals surface area (Å²) in [6.45, 7) is 3.56. The van der Waals surface area contributed by atoms with Crippen molar-refractivity contribution in [1.82, 2.24) is 4.90 Å². The molecule has 0 bridgehead atoms. The van der Waals surface area contributed by atoms with Gasteiger partial charge < -0.3 is 11.1 Å². The van der Waals surface area contributed by atoms with Crippen LogP contribution in [0.1, 0.15) is 6.92 Å². The summed E-state index contributed by atoms with van der Waals surface area (Å²) in [6, 6.07) is 6.12. The van der Waals surface area contributed by atoms with E-state index in [0.29, 0.717) is 12.5 Å². The van der Waals surface area contributed by atoms with Crippen LogP contribution in [0.2, 0.25) is 0 Å². The monoisotopic (exact) mass is 253 g/mol. The first-order valence-electron chi connectivity index (χ1n) is 5.96. The van der Waals surface area contributed by atoms with Gasteiger partial charge in [-0.1, -0.05) is 19.1 Å². The average molecular weight is 253 g/mol. The molecule has 1 unspecified atom stereocenters. The zero-order valence-electron chi connectivity index (χ0n) is 10.8. The predicted octanol–water partition coefficient (Wildman–Crippen LogP) is 1.29. The van der Waals surface area contributed by atoms with Gasteiger partial charge in [-0.3, -0.25) is 9.69 Å². The van der Waals surface area contributed by atoms with Crippen LogP contribution >= 0.6 is 0 Å². The fraction of sp³-hybridized carbons (Fsp3) is 0.462. The number of hydrogen-bond acceptors (Lipinski definition) is 3. The second-order valence-electron chi connectivity index (χ2n) is 4.57. The van der Waals surface area contributed by atoms with Crippen molar-refractivity contribution in [2.75, 3.05) is 32.0 Å². The standard InChI is InChI=1S/C13H20FN3O/c1-10(7-15)8-17(2)9-13(18)16-12-6-4-3-5-11(12)14/h3-6,10H,7-9,15H2,1-2H3,(H,16,18). The molecule has 0 aliphatic carbocycles. The number of carbonyl (C=O) groups is 1. The van der Waals surface area contributed by atoms with E-state index in [2.05, 4.69) is 5.32 Å². The quantitative estimate of drug-likeness (QED) is 0.803. The lowest BCUT2D eigenvalue weighted by Gasteiger charge is -2.19. The first-order chi connectivity index (χ1) is 8.52. The van der Waals surface area contributed by atoms with Crippen LogP contribution < -0.4 is 11.1 Å². The van der Waals surface area contributed by atoms with Crippen molar-refractivity contribution < 1.29 is 9.18 Å². The summed E-state index contributed by atoms with van der Waals surface area (Å²) in [5, 5.41) is 2.55. The van der Waals surface area contributed by atoms with Crippen molar-refractivity contribution in [2.24, 2.45) is 11.7 Å². The second kappa shape index (κ2) is 7.08. The van der Waals surface area contributed by atoms with Crippen LogP contribution in [0.15, 0.2) is 24.3 Å². The molecule has 0 fully saturated rings. The van der Waals surface area contributed by atoms with Crippen molar-refractivity contribution >= 4 is 11.6 Å². The molecule has 0 aromatic heterocycles. The molecule has 3 N–H and O–H groups in total. The molecule has 0 aliphatic rings. The summed E-state index contributed by atoms with van der Waals surface area (Å²) in [7, 11) is 1.84. The van der Waals surface area contributed by atoms with Crippen LogP contribution in [0.3, 0.4) is 0 Å². The number of nitrogens with two attached hydrogens (primary N) is 1. The lowest BCUT2D eigenvalue weighted by atomic mass is 10.2. The van der Waals surface area contributed by atoms with Gasteiger partial charge in [0.2, 0.25) is 5.91 Å². The number of nitrogens with one attached hydrogen (secondary N) is 1. The molecule has 4 nitrogen and oxygen atoms in total. The highest BCUT2D eigenvalue weighted by Crippen LogP contribution is 2.12. The third-order valence-electron chi connectivity index (χ3n) is 2.59. The Morgan fingerprint density at radius 3 is 2.78 bits per heavy atom. The fourth-order valence-corrected chi connectivity index (χ4v) is 1.67. The van der Waals surface area contributed by atoms with Gasteiger partial charge >= 0.3 is 0 Å². The number of carbonyl (C=O) groups excluding carboxylic acids is 1. The Labute approximate surface area is 107 Å². The number of likely N-dealkylation sites (N-methyl/N-ethyl adjacent to an activating group) is 1. The highest BCUT2D eigenvalue weighted by molar-refractivity contribution is 5.92. The number of amides is 1. The molecule has 0 radical (unpaired) electrons. The van der Waals surface area contributed by atoms with E-state index in [9.17, 15) is 9.18 Å². The maximum atomic E-state index is 13.3. The van der Waals surface area contributed by atoms with Crippen molar-refractivity contribution in [2.45, 2.75) is 6.92 Å². The minimum atomic E-state index is -0.427. The molecule has 1 aromatic rings. The van der Waals surface area contributed by atoms with E-state index < -0.39 is 5.82 Å². The number of halogens is 1. The number of hydrogen-bond donors (Lipinski definition) is 2. The molecule has 1 atom stereocenters. The van der Waals surface area contributed by atoms with Crippen LogP contribution in [0.4, 0.5) is 10.1 Å². The molecular weight excluding hydrogens is 233 g/mol. The van der Waals surface area contributed by atoms with E-state index in [-0.39, 0.29) is 18.1 Å². The molecule has 0 saturated carbocycles. The minimum Gasteiger partial charge on any atom is -0.330 e. The molecule has 0 saturated heterocycles. The Balaban J connectivity index is 2.45. The van der Waals surface area contributed by atoms with Gasteiger partial charge in [-0.05, 0) is 31.6 Å². The van der Waals surface area contributed by atoms with Crippen molar-refractivity contribution in [3.8, 4) is 0 Å². The molecule has 1 aromatic carbocycles. The first kappa shape index (κ1) is 14.6. The van der Waals surface area contributed by atoms with Crippen molar-refractivity contribution in [3.05, 3.63) is 30.1 Å². The number of benzene rings is 1. The van der Waals surface area contributed by atoms with E-state index >= 15 is 0 Å². The van der Waals surface area contributed by atoms with Gasteiger partial charge in [0, 0.05) is 6.54 Å². The normalized spacial score (nSPS) is 12.5. The molecular formula is C13H20FN3O. The number of nitrogens with zero attached hydrogens (tertiary/aromatic N) is 1. The maximum absolute atomic E-state index is 13.3. The summed E-state index contributed by atoms with van der Waals surface area (Å²) >= 11 is 0. The first-order valence-corrected chi connectivity index (χ1v) is 5.96. The summed E-state index contributed by atoms with van der Waals surface area (Å²) in [6.07, 6.45) is 0. The molecule has 0 heterocycles. The molecule has 100 valence electrons. The smallest absolute Gasteiger partial charge is 0.238 e. The lowest BCUT2D eigenvalue weighted by molar-refractivity contribution is -0.117. The zero-order valence-corrected chi connectivity index (χ0v) is 10.8. The van der Waals surface area contributed by atoms with Gasteiger partial charge in [0.1, 0.15) is 5.82 Å². The molecule has 0 spiro atoms. The minimum absolute atomic E-state index is 0.211. The highest BCUT2D eigenvalue weighted by Gasteiger charge is 2.11. The summed E-state index contributed by atoms with van der Waals surface area (Å²) in [4.78, 5) is 13.6. The van der Waals surface area contributed by atoms with Gasteiger partial charge in [0.05, 0.1) is 12.2 Å². The zero-order chi connectivity index (χ0) is 13.5. The molecule has 18 heavy (non-hydrogen) atoms. The predicted molar refractivity (Wildman–Crippen MR) is 70.7 cm³/mol. The molecule has 1 amide bonds.